The van der Waals surface area contributed by atoms with Crippen LogP contribution >= 0.6 is 0 Å². The Labute approximate surface area is 223 Å². The molecule has 39 heavy (non-hydrogen) atoms. The second kappa shape index (κ2) is 11.3. The molecule has 2 saturated heterocycles. The largest absolute Gasteiger partial charge is 0.441 e. The minimum Gasteiger partial charge on any atom is -0.441 e. The number of benzene rings is 2. The van der Waals surface area contributed by atoms with Gasteiger partial charge in [-0.15, -0.1) is 0 Å². The van der Waals surface area contributed by atoms with Crippen molar-refractivity contribution in [3.05, 3.63) is 77.5 Å². The van der Waals surface area contributed by atoms with E-state index in [2.05, 4.69) is 9.88 Å². The van der Waals surface area contributed by atoms with Gasteiger partial charge in [-0.05, 0) is 53.9 Å². The highest BCUT2D eigenvalue weighted by Crippen LogP contribution is 2.39. The quantitative estimate of drug-likeness (QED) is 0.493. The molecule has 0 aliphatic carbocycles. The maximum Gasteiger partial charge on any atom is 0.416 e. The fourth-order valence-corrected chi connectivity index (χ4v) is 5.07. The van der Waals surface area contributed by atoms with E-state index in [1.165, 1.54) is 13.0 Å². The van der Waals surface area contributed by atoms with Gasteiger partial charge in [-0.3, -0.25) is 9.80 Å². The average molecular weight is 541 g/mol. The number of hydrogen-bond donors (Lipinski definition) is 1. The molecule has 3 heterocycles. The molecule has 1 aromatic heterocycles. The predicted octanol–water partition coefficient (Wildman–Crippen LogP) is 5.07. The monoisotopic (exact) mass is 540 g/mol. The Bertz CT molecular complexity index is 1350. The van der Waals surface area contributed by atoms with Crippen molar-refractivity contribution >= 4 is 23.7 Å². The van der Waals surface area contributed by atoms with Gasteiger partial charge in [-0.1, -0.05) is 24.3 Å². The van der Waals surface area contributed by atoms with E-state index in [4.69, 9.17) is 20.1 Å². The van der Waals surface area contributed by atoms with Crippen LogP contribution in [0.15, 0.2) is 60.8 Å². The molecule has 2 N–H and O–H groups in total. The van der Waals surface area contributed by atoms with Gasteiger partial charge in [-0.25, -0.2) is 9.78 Å². The van der Waals surface area contributed by atoms with Crippen molar-refractivity contribution in [1.29, 1.82) is 0 Å². The molecule has 0 unspecified atom stereocenters. The van der Waals surface area contributed by atoms with Gasteiger partial charge in [-0.2, -0.15) is 22.8 Å². The molecule has 204 valence electrons. The highest BCUT2D eigenvalue weighted by molar-refractivity contribution is 5.90. The van der Waals surface area contributed by atoms with Gasteiger partial charge in [0, 0.05) is 49.9 Å². The van der Waals surface area contributed by atoms with Crippen molar-refractivity contribution in [2.24, 2.45) is 0 Å². The summed E-state index contributed by atoms with van der Waals surface area (Å²) in [7, 11) is 0. The number of carbonyl (C=O) groups excluding carboxylic acids is 3. The highest BCUT2D eigenvalue weighted by Gasteiger charge is 2.47. The van der Waals surface area contributed by atoms with Crippen LogP contribution in [0.2, 0.25) is 0 Å². The van der Waals surface area contributed by atoms with Crippen molar-refractivity contribution in [3.63, 3.8) is 0 Å². The minimum absolute atomic E-state index is 0.162. The molecule has 0 atom stereocenters. The van der Waals surface area contributed by atoms with E-state index in [1.54, 1.807) is 29.3 Å². The summed E-state index contributed by atoms with van der Waals surface area (Å²) in [5.41, 5.74) is 7.44. The maximum absolute atomic E-state index is 13.7. The van der Waals surface area contributed by atoms with E-state index in [0.29, 0.717) is 61.5 Å². The van der Waals surface area contributed by atoms with Crippen LogP contribution in [0.25, 0.3) is 11.1 Å². The lowest BCUT2D eigenvalue weighted by Crippen LogP contribution is -2.46. The molecular weight excluding hydrogens is 513 g/mol. The molecular formula is C28H27F3N4O4. The number of aromatic nitrogens is 1. The fourth-order valence-electron chi connectivity index (χ4n) is 5.07. The zero-order valence-corrected chi connectivity index (χ0v) is 21.2. The average Bonchev–Trinajstić information content (AvgIpc) is 3.22. The number of anilines is 2. The summed E-state index contributed by atoms with van der Waals surface area (Å²) < 4.78 is 47.0. The van der Waals surface area contributed by atoms with Crippen LogP contribution in [0.5, 0.6) is 0 Å². The third-order valence-corrected chi connectivity index (χ3v) is 7.05. The van der Waals surface area contributed by atoms with Crippen LogP contribution in [0.1, 0.15) is 29.5 Å². The standard InChI is InChI=1S/C27H27F3N4O2.CO2/c1-18-13-22(19-7-8-24(31)32-15-19)20(14-23(18)27(28,29)30)16-33-11-9-26(10-12-33)17-34(25(35)36-26)21-5-3-2-4-6-21;2-1-3/h2-8,13-15H,9-12,16-17H2,1H3,(H2,31,32);. The number of likely N-dealkylation sites (tertiary alicyclic amines) is 1. The first kappa shape index (κ1) is 27.8. The van der Waals surface area contributed by atoms with Gasteiger partial charge in [0.15, 0.2) is 0 Å². The van der Waals surface area contributed by atoms with Gasteiger partial charge in [0.2, 0.25) is 0 Å². The minimum atomic E-state index is -4.44. The molecule has 8 nitrogen and oxygen atoms in total. The highest BCUT2D eigenvalue weighted by atomic mass is 19.4. The summed E-state index contributed by atoms with van der Waals surface area (Å²) in [5, 5.41) is 0. The number of pyridine rings is 1. The van der Waals surface area contributed by atoms with Gasteiger partial charge in [0.25, 0.3) is 0 Å². The molecule has 2 aromatic carbocycles. The van der Waals surface area contributed by atoms with E-state index in [1.807, 2.05) is 30.3 Å². The summed E-state index contributed by atoms with van der Waals surface area (Å²) in [6, 6.07) is 15.6. The smallest absolute Gasteiger partial charge is 0.416 e. The van der Waals surface area contributed by atoms with Crippen molar-refractivity contribution in [1.82, 2.24) is 9.88 Å². The number of alkyl halides is 3. The molecule has 3 aromatic rings. The topological polar surface area (TPSA) is 106 Å². The molecule has 0 bridgehead atoms. The van der Waals surface area contributed by atoms with Crippen LogP contribution in [-0.2, 0) is 27.0 Å². The van der Waals surface area contributed by atoms with Crippen LogP contribution in [0.3, 0.4) is 0 Å². The number of ether oxygens (including phenoxy) is 1. The first-order valence-electron chi connectivity index (χ1n) is 12.2. The van der Waals surface area contributed by atoms with Crippen LogP contribution < -0.4 is 10.6 Å². The lowest BCUT2D eigenvalue weighted by atomic mass is 9.90. The summed E-state index contributed by atoms with van der Waals surface area (Å²) >= 11 is 0. The SMILES string of the molecule is Cc1cc(-c2ccc(N)nc2)c(CN2CCC3(CC2)CN(c2ccccc2)C(=O)O3)cc1C(F)(F)F.O=C=O. The number of nitrogen functional groups attached to an aromatic ring is 1. The number of halogens is 3. The van der Waals surface area contributed by atoms with Crippen molar-refractivity contribution in [2.75, 3.05) is 30.3 Å². The van der Waals surface area contributed by atoms with Gasteiger partial charge < -0.3 is 10.5 Å². The van der Waals surface area contributed by atoms with E-state index in [9.17, 15) is 18.0 Å². The molecule has 2 aliphatic heterocycles. The molecule has 11 heteroatoms. The Balaban J connectivity index is 0.00000112. The van der Waals surface area contributed by atoms with Crippen LogP contribution in [0, 0.1) is 6.92 Å². The number of piperidine rings is 1. The molecule has 2 aliphatic rings. The van der Waals surface area contributed by atoms with Gasteiger partial charge in [0.05, 0.1) is 12.1 Å². The summed E-state index contributed by atoms with van der Waals surface area (Å²) in [6.45, 7) is 3.48. The lowest BCUT2D eigenvalue weighted by molar-refractivity contribution is -0.191. The number of hydrogen-bond acceptors (Lipinski definition) is 7. The van der Waals surface area contributed by atoms with Crippen molar-refractivity contribution in [2.45, 2.75) is 38.1 Å². The molecule has 5 rings (SSSR count). The second-order valence-corrected chi connectivity index (χ2v) is 9.63. The number of carbonyl (C=O) groups is 1. The Morgan fingerprint density at radius 3 is 2.33 bits per heavy atom. The number of nitrogens with two attached hydrogens (primary N) is 1. The first-order chi connectivity index (χ1) is 18.5. The van der Waals surface area contributed by atoms with E-state index >= 15 is 0 Å². The van der Waals surface area contributed by atoms with E-state index in [-0.39, 0.29) is 17.8 Å². The molecule has 2 fully saturated rings. The predicted molar refractivity (Wildman–Crippen MR) is 136 cm³/mol. The molecule has 0 radical (unpaired) electrons. The fraction of sp³-hybridized carbons (Fsp3) is 0.321. The third-order valence-electron chi connectivity index (χ3n) is 7.05. The van der Waals surface area contributed by atoms with E-state index in [0.717, 1.165) is 5.69 Å². The van der Waals surface area contributed by atoms with Gasteiger partial charge >= 0.3 is 18.4 Å². The normalized spacial score (nSPS) is 16.8. The van der Waals surface area contributed by atoms with E-state index < -0.39 is 17.3 Å². The number of para-hydroxylation sites is 1. The Hall–Kier alpha value is -4.21. The Morgan fingerprint density at radius 1 is 1.08 bits per heavy atom. The number of aryl methyl sites for hydroxylation is 1. The van der Waals surface area contributed by atoms with Crippen molar-refractivity contribution in [3.8, 4) is 11.1 Å². The van der Waals surface area contributed by atoms with Crippen molar-refractivity contribution < 1.29 is 32.3 Å². The van der Waals surface area contributed by atoms with Gasteiger partial charge in [0.1, 0.15) is 11.4 Å². The van der Waals surface area contributed by atoms with Crippen LogP contribution in [-0.4, -0.2) is 47.4 Å². The number of rotatable bonds is 4. The maximum atomic E-state index is 13.7. The summed E-state index contributed by atoms with van der Waals surface area (Å²) in [5.74, 6) is 0.348. The lowest BCUT2D eigenvalue weighted by Gasteiger charge is -2.37. The molecule has 1 spiro atoms. The Morgan fingerprint density at radius 2 is 1.74 bits per heavy atom. The zero-order valence-electron chi connectivity index (χ0n) is 21.2. The van der Waals surface area contributed by atoms with Crippen LogP contribution in [0.4, 0.5) is 29.5 Å². The second-order valence-electron chi connectivity index (χ2n) is 9.63. The summed E-state index contributed by atoms with van der Waals surface area (Å²) in [4.78, 5) is 36.7. The number of amides is 1. The molecule has 1 amide bonds. The Kier molecular flexibility index (Phi) is 8.03. The first-order valence-corrected chi connectivity index (χ1v) is 12.2. The third kappa shape index (κ3) is 6.27. The molecule has 0 saturated carbocycles. The number of nitrogens with zero attached hydrogens (tertiary/aromatic N) is 3. The zero-order chi connectivity index (χ0) is 28.2. The summed E-state index contributed by atoms with van der Waals surface area (Å²) in [6.07, 6.45) is -1.75.